The number of ether oxygens (including phenoxy) is 2. The van der Waals surface area contributed by atoms with Crippen molar-refractivity contribution in [2.45, 2.75) is 25.3 Å². The lowest BCUT2D eigenvalue weighted by Gasteiger charge is -2.15. The molecule has 100 valence electrons. The molecule has 1 rings (SSSR count). The highest BCUT2D eigenvalue weighted by molar-refractivity contribution is 9.09. The van der Waals surface area contributed by atoms with Crippen molar-refractivity contribution in [1.82, 2.24) is 0 Å². The van der Waals surface area contributed by atoms with Gasteiger partial charge in [0, 0.05) is 11.6 Å². The van der Waals surface area contributed by atoms with Crippen molar-refractivity contribution in [1.29, 1.82) is 0 Å². The standard InChI is InChI=1S/C12H13BrF2O3/c1-3-17-10-6-8(18-12(14)15)4-5-9(10)11(13)7(2)16/h4-6,11-12H,3H2,1-2H3. The van der Waals surface area contributed by atoms with Crippen molar-refractivity contribution in [3.8, 4) is 11.5 Å². The van der Waals surface area contributed by atoms with Gasteiger partial charge in [-0.25, -0.2) is 0 Å². The van der Waals surface area contributed by atoms with Gasteiger partial charge in [-0.1, -0.05) is 22.0 Å². The van der Waals surface area contributed by atoms with Crippen molar-refractivity contribution in [2.24, 2.45) is 0 Å². The molecule has 0 aliphatic heterocycles. The van der Waals surface area contributed by atoms with E-state index in [9.17, 15) is 13.6 Å². The molecular formula is C12H13BrF2O3. The van der Waals surface area contributed by atoms with Crippen LogP contribution >= 0.6 is 15.9 Å². The van der Waals surface area contributed by atoms with Crippen LogP contribution in [0.1, 0.15) is 24.2 Å². The summed E-state index contributed by atoms with van der Waals surface area (Å²) in [5, 5.41) is 0. The van der Waals surface area contributed by atoms with Gasteiger partial charge in [-0.15, -0.1) is 0 Å². The second kappa shape index (κ2) is 6.68. The van der Waals surface area contributed by atoms with E-state index in [1.54, 1.807) is 6.92 Å². The van der Waals surface area contributed by atoms with Gasteiger partial charge in [-0.3, -0.25) is 4.79 Å². The quantitative estimate of drug-likeness (QED) is 0.749. The van der Waals surface area contributed by atoms with Crippen LogP contribution in [0.3, 0.4) is 0 Å². The third kappa shape index (κ3) is 3.94. The molecule has 0 saturated heterocycles. The lowest BCUT2D eigenvalue weighted by molar-refractivity contribution is -0.116. The minimum absolute atomic E-state index is 0.000419. The van der Waals surface area contributed by atoms with E-state index in [1.807, 2.05) is 0 Å². The topological polar surface area (TPSA) is 35.5 Å². The second-order valence-electron chi connectivity index (χ2n) is 3.48. The van der Waals surface area contributed by atoms with E-state index in [0.717, 1.165) is 0 Å². The number of hydrogen-bond acceptors (Lipinski definition) is 3. The molecule has 0 N–H and O–H groups in total. The number of halogens is 3. The number of alkyl halides is 3. The molecule has 1 aromatic rings. The molecule has 0 spiro atoms. The maximum Gasteiger partial charge on any atom is 0.387 e. The van der Waals surface area contributed by atoms with E-state index in [-0.39, 0.29) is 11.5 Å². The molecule has 0 fully saturated rings. The molecule has 0 amide bonds. The van der Waals surface area contributed by atoms with Crippen LogP contribution in [0.25, 0.3) is 0 Å². The maximum atomic E-state index is 12.1. The lowest BCUT2D eigenvalue weighted by Crippen LogP contribution is -2.07. The fraction of sp³-hybridized carbons (Fsp3) is 0.417. The molecule has 0 aromatic heterocycles. The Balaban J connectivity index is 3.07. The predicted octanol–water partition coefficient (Wildman–Crippen LogP) is 3.71. The largest absolute Gasteiger partial charge is 0.493 e. The first-order chi connectivity index (χ1) is 8.45. The number of carbonyl (C=O) groups is 1. The van der Waals surface area contributed by atoms with Gasteiger partial charge in [-0.2, -0.15) is 8.78 Å². The lowest BCUT2D eigenvalue weighted by atomic mass is 10.1. The van der Waals surface area contributed by atoms with Crippen LogP contribution in [-0.4, -0.2) is 19.0 Å². The molecule has 6 heteroatoms. The van der Waals surface area contributed by atoms with Crippen LogP contribution in [0, 0.1) is 0 Å². The third-order valence-electron chi connectivity index (χ3n) is 2.14. The SMILES string of the molecule is CCOc1cc(OC(F)F)ccc1C(Br)C(C)=O. The Morgan fingerprint density at radius 3 is 2.61 bits per heavy atom. The number of ketones is 1. The van der Waals surface area contributed by atoms with Crippen molar-refractivity contribution < 1.29 is 23.0 Å². The summed E-state index contributed by atoms with van der Waals surface area (Å²) in [6, 6.07) is 4.26. The first-order valence-corrected chi connectivity index (χ1v) is 6.23. The number of hydrogen-bond donors (Lipinski definition) is 0. The van der Waals surface area contributed by atoms with Crippen molar-refractivity contribution in [3.05, 3.63) is 23.8 Å². The summed E-state index contributed by atoms with van der Waals surface area (Å²) in [7, 11) is 0. The molecule has 3 nitrogen and oxygen atoms in total. The van der Waals surface area contributed by atoms with Gasteiger partial charge in [0.25, 0.3) is 0 Å². The molecule has 1 aromatic carbocycles. The zero-order chi connectivity index (χ0) is 13.7. The molecular weight excluding hydrogens is 310 g/mol. The fourth-order valence-electron chi connectivity index (χ4n) is 1.40. The number of benzene rings is 1. The van der Waals surface area contributed by atoms with Crippen LogP contribution < -0.4 is 9.47 Å². The number of carbonyl (C=O) groups excluding carboxylic acids is 1. The molecule has 1 atom stereocenters. The van der Waals surface area contributed by atoms with Gasteiger partial charge in [0.05, 0.1) is 6.61 Å². The van der Waals surface area contributed by atoms with Crippen LogP contribution in [0.4, 0.5) is 8.78 Å². The van der Waals surface area contributed by atoms with E-state index in [1.165, 1.54) is 25.1 Å². The number of Topliss-reactive ketones (excluding diaryl/α,β-unsaturated/α-hetero) is 1. The van der Waals surface area contributed by atoms with Crippen molar-refractivity contribution >= 4 is 21.7 Å². The Morgan fingerprint density at radius 1 is 1.44 bits per heavy atom. The highest BCUT2D eigenvalue weighted by Crippen LogP contribution is 2.35. The summed E-state index contributed by atoms with van der Waals surface area (Å²) in [4.78, 5) is 10.8. The average Bonchev–Trinajstić information content (AvgIpc) is 2.28. The summed E-state index contributed by atoms with van der Waals surface area (Å²) in [5.74, 6) is 0.256. The minimum Gasteiger partial charge on any atom is -0.493 e. The average molecular weight is 323 g/mol. The van der Waals surface area contributed by atoms with Crippen LogP contribution in [-0.2, 0) is 4.79 Å². The Kier molecular flexibility index (Phi) is 5.53. The van der Waals surface area contributed by atoms with Crippen LogP contribution in [0.15, 0.2) is 18.2 Å². The summed E-state index contributed by atoms with van der Waals surface area (Å²) in [6.45, 7) is 0.668. The summed E-state index contributed by atoms with van der Waals surface area (Å²) in [5.41, 5.74) is 0.589. The zero-order valence-electron chi connectivity index (χ0n) is 9.95. The predicted molar refractivity (Wildman–Crippen MR) is 66.6 cm³/mol. The normalized spacial score (nSPS) is 12.3. The monoisotopic (exact) mass is 322 g/mol. The zero-order valence-corrected chi connectivity index (χ0v) is 11.5. The highest BCUT2D eigenvalue weighted by Gasteiger charge is 2.19. The van der Waals surface area contributed by atoms with Gasteiger partial charge in [0.15, 0.2) is 0 Å². The maximum absolute atomic E-state index is 12.1. The van der Waals surface area contributed by atoms with E-state index < -0.39 is 11.4 Å². The smallest absolute Gasteiger partial charge is 0.387 e. The molecule has 0 heterocycles. The first kappa shape index (κ1) is 14.9. The van der Waals surface area contributed by atoms with E-state index in [0.29, 0.717) is 17.9 Å². The molecule has 0 radical (unpaired) electrons. The first-order valence-electron chi connectivity index (χ1n) is 5.31. The second-order valence-corrected chi connectivity index (χ2v) is 4.40. The van der Waals surface area contributed by atoms with Gasteiger partial charge in [0.1, 0.15) is 22.1 Å². The van der Waals surface area contributed by atoms with Crippen LogP contribution in [0.5, 0.6) is 11.5 Å². The minimum atomic E-state index is -2.89. The molecule has 0 bridgehead atoms. The molecule has 0 saturated carbocycles. The van der Waals surface area contributed by atoms with E-state index >= 15 is 0 Å². The van der Waals surface area contributed by atoms with Gasteiger partial charge < -0.3 is 9.47 Å². The Morgan fingerprint density at radius 2 is 2.11 bits per heavy atom. The fourth-order valence-corrected chi connectivity index (χ4v) is 1.78. The Hall–Kier alpha value is -1.17. The summed E-state index contributed by atoms with van der Waals surface area (Å²) in [6.07, 6.45) is 0. The van der Waals surface area contributed by atoms with Gasteiger partial charge in [-0.05, 0) is 19.9 Å². The summed E-state index contributed by atoms with van der Waals surface area (Å²) >= 11 is 3.23. The van der Waals surface area contributed by atoms with Crippen LogP contribution in [0.2, 0.25) is 0 Å². The van der Waals surface area contributed by atoms with E-state index in [4.69, 9.17) is 4.74 Å². The Labute approximate surface area is 112 Å². The van der Waals surface area contributed by atoms with E-state index in [2.05, 4.69) is 20.7 Å². The molecule has 18 heavy (non-hydrogen) atoms. The number of rotatable bonds is 6. The van der Waals surface area contributed by atoms with Gasteiger partial charge >= 0.3 is 6.61 Å². The highest BCUT2D eigenvalue weighted by atomic mass is 79.9. The molecule has 1 unspecified atom stereocenters. The molecule has 0 aliphatic carbocycles. The molecule has 0 aliphatic rings. The van der Waals surface area contributed by atoms with Crippen molar-refractivity contribution in [3.63, 3.8) is 0 Å². The summed E-state index contributed by atoms with van der Waals surface area (Å²) < 4.78 is 33.8. The van der Waals surface area contributed by atoms with Crippen molar-refractivity contribution in [2.75, 3.05) is 6.61 Å². The Bertz CT molecular complexity index is 424. The third-order valence-corrected chi connectivity index (χ3v) is 3.28. The van der Waals surface area contributed by atoms with Gasteiger partial charge in [0.2, 0.25) is 0 Å².